The van der Waals surface area contributed by atoms with Gasteiger partial charge >= 0.3 is 0 Å². The van der Waals surface area contributed by atoms with E-state index in [0.717, 1.165) is 22.0 Å². The van der Waals surface area contributed by atoms with Gasteiger partial charge in [-0.2, -0.15) is 0 Å². The highest BCUT2D eigenvalue weighted by Crippen LogP contribution is 2.24. The van der Waals surface area contributed by atoms with Crippen molar-refractivity contribution in [3.05, 3.63) is 69.5 Å². The molecule has 2 aromatic carbocycles. The summed E-state index contributed by atoms with van der Waals surface area (Å²) in [5.74, 6) is 0.122. The summed E-state index contributed by atoms with van der Waals surface area (Å²) in [7, 11) is 1.64. The number of nitrogens with one attached hydrogen (secondary N) is 2. The first-order valence-electron chi connectivity index (χ1n) is 10.3. The summed E-state index contributed by atoms with van der Waals surface area (Å²) < 4.78 is 5.19. The van der Waals surface area contributed by atoms with Crippen LogP contribution in [0, 0.1) is 5.92 Å². The molecule has 0 aliphatic rings. The van der Waals surface area contributed by atoms with Gasteiger partial charge in [-0.05, 0) is 42.3 Å². The lowest BCUT2D eigenvalue weighted by atomic mass is 10.0. The Kier molecular flexibility index (Phi) is 8.25. The monoisotopic (exact) mass is 471 g/mol. The molecule has 0 radical (unpaired) electrons. The van der Waals surface area contributed by atoms with Crippen LogP contribution >= 0.6 is 22.9 Å². The number of carbonyl (C=O) groups is 2. The van der Waals surface area contributed by atoms with Gasteiger partial charge in [-0.1, -0.05) is 37.6 Å². The number of thiazole rings is 1. The van der Waals surface area contributed by atoms with Gasteiger partial charge in [-0.15, -0.1) is 11.3 Å². The molecule has 168 valence electrons. The number of methoxy groups -OCH3 is 1. The second-order valence-corrected chi connectivity index (χ2v) is 8.92. The van der Waals surface area contributed by atoms with Gasteiger partial charge in [0.25, 0.3) is 5.91 Å². The molecule has 0 unspecified atom stereocenters. The summed E-state index contributed by atoms with van der Waals surface area (Å²) in [6.45, 7) is 4.21. The van der Waals surface area contributed by atoms with E-state index in [2.05, 4.69) is 15.6 Å². The maximum atomic E-state index is 12.7. The fourth-order valence-electron chi connectivity index (χ4n) is 3.12. The molecule has 0 saturated carbocycles. The first-order chi connectivity index (χ1) is 15.4. The Bertz CT molecular complexity index is 1070. The molecule has 2 N–H and O–H groups in total. The van der Waals surface area contributed by atoms with E-state index in [9.17, 15) is 9.59 Å². The van der Waals surface area contributed by atoms with Crippen molar-refractivity contribution in [1.29, 1.82) is 0 Å². The van der Waals surface area contributed by atoms with Gasteiger partial charge in [0.15, 0.2) is 0 Å². The Hall–Kier alpha value is -2.90. The minimum atomic E-state index is -0.662. The number of halogens is 1. The largest absolute Gasteiger partial charge is 0.497 e. The summed E-state index contributed by atoms with van der Waals surface area (Å²) in [6, 6.07) is 13.8. The molecule has 2 amide bonds. The molecule has 1 aromatic heterocycles. The maximum absolute atomic E-state index is 12.7. The van der Waals surface area contributed by atoms with Crippen molar-refractivity contribution in [1.82, 2.24) is 15.6 Å². The number of carbonyl (C=O) groups excluding carboxylic acids is 2. The highest BCUT2D eigenvalue weighted by Gasteiger charge is 2.25. The number of nitrogens with zero attached hydrogens (tertiary/aromatic N) is 1. The third-order valence-electron chi connectivity index (χ3n) is 4.93. The molecule has 32 heavy (non-hydrogen) atoms. The van der Waals surface area contributed by atoms with Crippen molar-refractivity contribution in [3.8, 4) is 17.0 Å². The van der Waals surface area contributed by atoms with Crippen molar-refractivity contribution in [2.45, 2.75) is 26.3 Å². The second kappa shape index (κ2) is 11.1. The van der Waals surface area contributed by atoms with E-state index in [1.54, 1.807) is 42.7 Å². The number of benzene rings is 2. The first kappa shape index (κ1) is 23.8. The highest BCUT2D eigenvalue weighted by atomic mass is 35.5. The van der Waals surface area contributed by atoms with Crippen LogP contribution in [0.3, 0.4) is 0 Å². The second-order valence-electron chi connectivity index (χ2n) is 7.57. The smallest absolute Gasteiger partial charge is 0.253 e. The Morgan fingerprint density at radius 2 is 1.84 bits per heavy atom. The lowest BCUT2D eigenvalue weighted by Gasteiger charge is -2.22. The molecular formula is C24H26ClN3O3S. The van der Waals surface area contributed by atoms with Crippen LogP contribution in [0.5, 0.6) is 5.75 Å². The molecular weight excluding hydrogens is 446 g/mol. The molecule has 1 heterocycles. The van der Waals surface area contributed by atoms with Gasteiger partial charge in [-0.3, -0.25) is 9.59 Å². The van der Waals surface area contributed by atoms with Crippen molar-refractivity contribution < 1.29 is 14.3 Å². The minimum absolute atomic E-state index is 0.0806. The van der Waals surface area contributed by atoms with Gasteiger partial charge in [0.2, 0.25) is 5.91 Å². The standard InChI is InChI=1S/C24H26ClN3O3S/c1-15(2)22(28-23(29)18-6-4-5-7-19(18)25)24(30)26-13-12-21-27-20(14-32-21)16-8-10-17(31-3)11-9-16/h4-11,14-15,22H,12-13H2,1-3H3,(H,26,30)(H,28,29)/t22-/m0/s1. The van der Waals surface area contributed by atoms with E-state index in [1.807, 2.05) is 43.5 Å². The molecule has 0 aliphatic carbocycles. The Morgan fingerprint density at radius 3 is 2.50 bits per heavy atom. The van der Waals surface area contributed by atoms with Gasteiger partial charge in [0.05, 0.1) is 28.4 Å². The Labute approximate surface area is 197 Å². The van der Waals surface area contributed by atoms with Crippen molar-refractivity contribution >= 4 is 34.8 Å². The fraction of sp³-hybridized carbons (Fsp3) is 0.292. The zero-order valence-corrected chi connectivity index (χ0v) is 19.8. The minimum Gasteiger partial charge on any atom is -0.497 e. The summed E-state index contributed by atoms with van der Waals surface area (Å²) in [5.41, 5.74) is 2.26. The van der Waals surface area contributed by atoms with E-state index in [0.29, 0.717) is 23.6 Å². The average Bonchev–Trinajstić information content (AvgIpc) is 3.26. The van der Waals surface area contributed by atoms with E-state index in [4.69, 9.17) is 16.3 Å². The van der Waals surface area contributed by atoms with Gasteiger partial charge in [0.1, 0.15) is 11.8 Å². The molecule has 3 rings (SSSR count). The summed E-state index contributed by atoms with van der Waals surface area (Å²) in [4.78, 5) is 29.9. The third-order valence-corrected chi connectivity index (χ3v) is 6.17. The molecule has 0 fully saturated rings. The molecule has 0 spiro atoms. The van der Waals surface area contributed by atoms with Crippen molar-refractivity contribution in [2.75, 3.05) is 13.7 Å². The van der Waals surface area contributed by atoms with Crippen LogP contribution in [0.2, 0.25) is 5.02 Å². The number of hydrogen-bond acceptors (Lipinski definition) is 5. The van der Waals surface area contributed by atoms with Crippen LogP contribution in [0.1, 0.15) is 29.2 Å². The van der Waals surface area contributed by atoms with Gasteiger partial charge in [0, 0.05) is 23.9 Å². The lowest BCUT2D eigenvalue weighted by molar-refractivity contribution is -0.123. The summed E-state index contributed by atoms with van der Waals surface area (Å²) >= 11 is 7.65. The van der Waals surface area contributed by atoms with Crippen LogP contribution in [0.25, 0.3) is 11.3 Å². The van der Waals surface area contributed by atoms with Crippen molar-refractivity contribution in [2.24, 2.45) is 5.92 Å². The van der Waals surface area contributed by atoms with Crippen LogP contribution in [0.15, 0.2) is 53.9 Å². The summed E-state index contributed by atoms with van der Waals surface area (Å²) in [6.07, 6.45) is 0.607. The average molecular weight is 472 g/mol. The van der Waals surface area contributed by atoms with E-state index >= 15 is 0 Å². The number of aromatic nitrogens is 1. The van der Waals surface area contributed by atoms with E-state index in [-0.39, 0.29) is 17.7 Å². The maximum Gasteiger partial charge on any atom is 0.253 e. The van der Waals surface area contributed by atoms with Crippen LogP contribution < -0.4 is 15.4 Å². The SMILES string of the molecule is COc1ccc(-c2csc(CCNC(=O)[C@@H](NC(=O)c3ccccc3Cl)C(C)C)n2)cc1. The quantitative estimate of drug-likeness (QED) is 0.478. The molecule has 8 heteroatoms. The molecule has 0 saturated heterocycles. The topological polar surface area (TPSA) is 80.3 Å². The summed E-state index contributed by atoms with van der Waals surface area (Å²) in [5, 5.41) is 8.99. The predicted octanol–water partition coefficient (Wildman–Crippen LogP) is 4.59. The first-order valence-corrected chi connectivity index (χ1v) is 11.6. The predicted molar refractivity (Wildman–Crippen MR) is 128 cm³/mol. The Morgan fingerprint density at radius 1 is 1.12 bits per heavy atom. The lowest BCUT2D eigenvalue weighted by Crippen LogP contribution is -2.50. The molecule has 1 atom stereocenters. The fourth-order valence-corrected chi connectivity index (χ4v) is 4.15. The van der Waals surface area contributed by atoms with Crippen LogP contribution in [0.4, 0.5) is 0 Å². The zero-order chi connectivity index (χ0) is 23.1. The highest BCUT2D eigenvalue weighted by molar-refractivity contribution is 7.09. The Balaban J connectivity index is 1.55. The number of ether oxygens (including phenoxy) is 1. The van der Waals surface area contributed by atoms with Crippen LogP contribution in [-0.2, 0) is 11.2 Å². The number of hydrogen-bond donors (Lipinski definition) is 2. The number of amides is 2. The number of rotatable bonds is 9. The molecule has 0 aliphatic heterocycles. The van der Waals surface area contributed by atoms with E-state index < -0.39 is 6.04 Å². The zero-order valence-electron chi connectivity index (χ0n) is 18.2. The molecule has 6 nitrogen and oxygen atoms in total. The molecule has 0 bridgehead atoms. The van der Waals surface area contributed by atoms with Gasteiger partial charge in [-0.25, -0.2) is 4.98 Å². The third kappa shape index (κ3) is 6.08. The van der Waals surface area contributed by atoms with Gasteiger partial charge < -0.3 is 15.4 Å². The molecule has 3 aromatic rings. The van der Waals surface area contributed by atoms with E-state index in [1.165, 1.54) is 0 Å². The normalized spacial score (nSPS) is 11.8. The van der Waals surface area contributed by atoms with Crippen molar-refractivity contribution in [3.63, 3.8) is 0 Å². The van der Waals surface area contributed by atoms with Crippen LogP contribution in [-0.4, -0.2) is 36.5 Å².